The minimum Gasteiger partial charge on any atom is -0.507 e. The van der Waals surface area contributed by atoms with Crippen LogP contribution in [0.5, 0.6) is 11.5 Å². The van der Waals surface area contributed by atoms with Crippen LogP contribution in [0.3, 0.4) is 0 Å². The van der Waals surface area contributed by atoms with Crippen LogP contribution in [-0.4, -0.2) is 10.9 Å². The van der Waals surface area contributed by atoms with Gasteiger partial charge < -0.3 is 9.84 Å². The lowest BCUT2D eigenvalue weighted by Crippen LogP contribution is -2.02. The van der Waals surface area contributed by atoms with Crippen LogP contribution in [0.2, 0.25) is 0 Å². The van der Waals surface area contributed by atoms with Gasteiger partial charge in [-0.05, 0) is 60.7 Å². The molecule has 0 aliphatic rings. The molecule has 30 heavy (non-hydrogen) atoms. The largest absolute Gasteiger partial charge is 0.507 e. The molecule has 0 bridgehead atoms. The Morgan fingerprint density at radius 1 is 1.03 bits per heavy atom. The average molecular weight is 399 g/mol. The standard InChI is InChI=1S/C26H25NO3/c1-3-5-24-25(13-12-23(18(2)28)26(24)29)30-17-20-10-8-19(9-11-20)14-21-6-4-7-22(15-21)16-27/h4,6-13,15,29H,3,5,14,17H2,1-2H3. The third kappa shape index (κ3) is 5.07. The molecule has 0 heterocycles. The maximum Gasteiger partial charge on any atom is 0.163 e. The van der Waals surface area contributed by atoms with Gasteiger partial charge in [0.2, 0.25) is 0 Å². The molecule has 3 rings (SSSR count). The fraction of sp³-hybridized carbons (Fsp3) is 0.231. The highest BCUT2D eigenvalue weighted by Gasteiger charge is 2.16. The normalized spacial score (nSPS) is 10.4. The van der Waals surface area contributed by atoms with Gasteiger partial charge in [0.1, 0.15) is 18.1 Å². The van der Waals surface area contributed by atoms with Gasteiger partial charge in [-0.15, -0.1) is 0 Å². The highest BCUT2D eigenvalue weighted by Crippen LogP contribution is 2.33. The molecule has 0 fully saturated rings. The van der Waals surface area contributed by atoms with E-state index in [0.29, 0.717) is 35.5 Å². The van der Waals surface area contributed by atoms with E-state index in [0.717, 1.165) is 29.5 Å². The number of rotatable bonds is 8. The topological polar surface area (TPSA) is 70.3 Å². The molecule has 4 nitrogen and oxygen atoms in total. The SMILES string of the molecule is CCCc1c(OCc2ccc(Cc3cccc(C#N)c3)cc2)ccc(C(C)=O)c1O. The van der Waals surface area contributed by atoms with Crippen LogP contribution < -0.4 is 4.74 Å². The predicted molar refractivity (Wildman–Crippen MR) is 117 cm³/mol. The minimum atomic E-state index is -0.160. The summed E-state index contributed by atoms with van der Waals surface area (Å²) in [7, 11) is 0. The molecule has 0 atom stereocenters. The van der Waals surface area contributed by atoms with E-state index in [1.807, 2.05) is 37.3 Å². The number of benzene rings is 3. The summed E-state index contributed by atoms with van der Waals surface area (Å²) in [4.78, 5) is 11.7. The van der Waals surface area contributed by atoms with Crippen LogP contribution in [0, 0.1) is 11.3 Å². The summed E-state index contributed by atoms with van der Waals surface area (Å²) in [5, 5.41) is 19.5. The lowest BCUT2D eigenvalue weighted by atomic mass is 10.0. The van der Waals surface area contributed by atoms with Crippen molar-refractivity contribution in [1.82, 2.24) is 0 Å². The summed E-state index contributed by atoms with van der Waals surface area (Å²) < 4.78 is 5.97. The fourth-order valence-electron chi connectivity index (χ4n) is 3.43. The second-order valence-corrected chi connectivity index (χ2v) is 7.34. The Balaban J connectivity index is 1.70. The third-order valence-corrected chi connectivity index (χ3v) is 5.00. The molecule has 1 N–H and O–H groups in total. The van der Waals surface area contributed by atoms with Crippen molar-refractivity contribution in [2.75, 3.05) is 0 Å². The molecule has 4 heteroatoms. The predicted octanol–water partition coefficient (Wildman–Crippen LogP) is 5.59. The van der Waals surface area contributed by atoms with Crippen LogP contribution in [0.1, 0.15) is 58.4 Å². The van der Waals surface area contributed by atoms with Crippen molar-refractivity contribution in [2.45, 2.75) is 39.7 Å². The summed E-state index contributed by atoms with van der Waals surface area (Å²) in [6.07, 6.45) is 2.24. The zero-order valence-corrected chi connectivity index (χ0v) is 17.3. The monoisotopic (exact) mass is 399 g/mol. The van der Waals surface area contributed by atoms with Crippen LogP contribution in [0.25, 0.3) is 0 Å². The van der Waals surface area contributed by atoms with Crippen molar-refractivity contribution >= 4 is 5.78 Å². The molecule has 0 aliphatic carbocycles. The van der Waals surface area contributed by atoms with Crippen LogP contribution in [0.4, 0.5) is 0 Å². The van der Waals surface area contributed by atoms with Gasteiger partial charge in [-0.25, -0.2) is 0 Å². The number of carbonyl (C=O) groups excluding carboxylic acids is 1. The first kappa shape index (κ1) is 21.1. The number of nitriles is 1. The van der Waals surface area contributed by atoms with Crippen molar-refractivity contribution < 1.29 is 14.6 Å². The number of carbonyl (C=O) groups is 1. The van der Waals surface area contributed by atoms with E-state index in [-0.39, 0.29) is 11.5 Å². The Kier molecular flexibility index (Phi) is 6.87. The van der Waals surface area contributed by atoms with E-state index in [9.17, 15) is 9.90 Å². The van der Waals surface area contributed by atoms with Gasteiger partial charge in [-0.1, -0.05) is 49.7 Å². The van der Waals surface area contributed by atoms with E-state index in [1.54, 1.807) is 18.2 Å². The number of Topliss-reactive ketones (excluding diaryl/α,β-unsaturated/α-hetero) is 1. The summed E-state index contributed by atoms with van der Waals surface area (Å²) in [6.45, 7) is 3.85. The van der Waals surface area contributed by atoms with E-state index in [4.69, 9.17) is 10.00 Å². The smallest absolute Gasteiger partial charge is 0.163 e. The van der Waals surface area contributed by atoms with E-state index in [1.165, 1.54) is 6.92 Å². The summed E-state index contributed by atoms with van der Waals surface area (Å²) in [6, 6.07) is 21.3. The molecule has 0 amide bonds. The summed E-state index contributed by atoms with van der Waals surface area (Å²) in [5.74, 6) is 0.473. The zero-order valence-electron chi connectivity index (χ0n) is 17.3. The van der Waals surface area contributed by atoms with E-state index in [2.05, 4.69) is 18.2 Å². The second-order valence-electron chi connectivity index (χ2n) is 7.34. The van der Waals surface area contributed by atoms with Gasteiger partial charge in [0.15, 0.2) is 5.78 Å². The number of hydrogen-bond donors (Lipinski definition) is 1. The van der Waals surface area contributed by atoms with Gasteiger partial charge in [0.25, 0.3) is 0 Å². The molecule has 0 aliphatic heterocycles. The molecule has 0 saturated carbocycles. The molecular weight excluding hydrogens is 374 g/mol. The maximum atomic E-state index is 11.7. The molecule has 152 valence electrons. The molecule has 0 aromatic heterocycles. The number of phenolic OH excluding ortho intramolecular Hbond substituents is 1. The molecule has 0 unspecified atom stereocenters. The Hall–Kier alpha value is -3.58. The first-order chi connectivity index (χ1) is 14.5. The maximum absolute atomic E-state index is 11.7. The Morgan fingerprint density at radius 3 is 2.43 bits per heavy atom. The van der Waals surface area contributed by atoms with Gasteiger partial charge in [0, 0.05) is 5.56 Å². The van der Waals surface area contributed by atoms with E-state index < -0.39 is 0 Å². The number of ether oxygens (including phenoxy) is 1. The Morgan fingerprint density at radius 2 is 1.77 bits per heavy atom. The molecule has 0 saturated heterocycles. The van der Waals surface area contributed by atoms with Crippen molar-refractivity contribution in [3.8, 4) is 17.6 Å². The van der Waals surface area contributed by atoms with Crippen molar-refractivity contribution in [3.05, 3.63) is 94.0 Å². The highest BCUT2D eigenvalue weighted by molar-refractivity contribution is 5.97. The zero-order chi connectivity index (χ0) is 21.5. The van der Waals surface area contributed by atoms with Gasteiger partial charge in [0.05, 0.1) is 17.2 Å². The van der Waals surface area contributed by atoms with Gasteiger partial charge in [-0.2, -0.15) is 5.26 Å². The number of ketones is 1. The number of nitrogens with zero attached hydrogens (tertiary/aromatic N) is 1. The highest BCUT2D eigenvalue weighted by atomic mass is 16.5. The second kappa shape index (κ2) is 9.76. The van der Waals surface area contributed by atoms with Crippen LogP contribution >= 0.6 is 0 Å². The molecular formula is C26H25NO3. The lowest BCUT2D eigenvalue weighted by Gasteiger charge is -2.15. The fourth-order valence-corrected chi connectivity index (χ4v) is 3.43. The van der Waals surface area contributed by atoms with Crippen LogP contribution in [0.15, 0.2) is 60.7 Å². The molecule has 3 aromatic rings. The number of hydrogen-bond acceptors (Lipinski definition) is 4. The van der Waals surface area contributed by atoms with E-state index >= 15 is 0 Å². The Bertz CT molecular complexity index is 1080. The minimum absolute atomic E-state index is 0.0248. The third-order valence-electron chi connectivity index (χ3n) is 5.00. The average Bonchev–Trinajstić information content (AvgIpc) is 2.75. The molecule has 3 aromatic carbocycles. The lowest BCUT2D eigenvalue weighted by molar-refractivity contribution is 0.101. The molecule has 0 spiro atoms. The van der Waals surface area contributed by atoms with Crippen molar-refractivity contribution in [2.24, 2.45) is 0 Å². The number of aromatic hydroxyl groups is 1. The quantitative estimate of drug-likeness (QED) is 0.501. The first-order valence-corrected chi connectivity index (χ1v) is 10.1. The van der Waals surface area contributed by atoms with Gasteiger partial charge >= 0.3 is 0 Å². The van der Waals surface area contributed by atoms with Crippen LogP contribution in [-0.2, 0) is 19.4 Å². The Labute approximate surface area is 177 Å². The van der Waals surface area contributed by atoms with Crippen molar-refractivity contribution in [3.63, 3.8) is 0 Å². The molecule has 0 radical (unpaired) electrons. The van der Waals surface area contributed by atoms with Gasteiger partial charge in [-0.3, -0.25) is 4.79 Å². The summed E-state index contributed by atoms with van der Waals surface area (Å²) in [5.41, 5.74) is 4.95. The first-order valence-electron chi connectivity index (χ1n) is 10.1. The summed E-state index contributed by atoms with van der Waals surface area (Å²) >= 11 is 0. The number of phenols is 1. The van der Waals surface area contributed by atoms with Crippen molar-refractivity contribution in [1.29, 1.82) is 5.26 Å².